The van der Waals surface area contributed by atoms with E-state index in [1.807, 2.05) is 13.8 Å². The predicted octanol–water partition coefficient (Wildman–Crippen LogP) is 3.02. The first-order valence-corrected chi connectivity index (χ1v) is 10.7. The average molecular weight is 409 g/mol. The van der Waals surface area contributed by atoms with E-state index >= 15 is 0 Å². The Labute approximate surface area is 173 Å². The van der Waals surface area contributed by atoms with Gasteiger partial charge in [-0.15, -0.1) is 0 Å². The molecule has 0 aromatic heterocycles. The molecule has 29 heavy (non-hydrogen) atoms. The van der Waals surface area contributed by atoms with Gasteiger partial charge in [0.2, 0.25) is 5.91 Å². The number of methoxy groups -OCH3 is 1. The van der Waals surface area contributed by atoms with Gasteiger partial charge in [-0.25, -0.2) is 4.79 Å². The maximum Gasteiger partial charge on any atom is 0.407 e. The number of esters is 1. The maximum atomic E-state index is 13.0. The third-order valence-corrected chi connectivity index (χ3v) is 6.88. The maximum absolute atomic E-state index is 13.0. The minimum atomic E-state index is -0.758. The molecule has 4 bridgehead atoms. The lowest BCUT2D eigenvalue weighted by molar-refractivity contribution is -0.171. The van der Waals surface area contributed by atoms with Crippen molar-refractivity contribution in [1.29, 1.82) is 0 Å². The summed E-state index contributed by atoms with van der Waals surface area (Å²) in [5, 5.41) is 5.97. The molecule has 7 heteroatoms. The normalized spacial score (nSPS) is 33.2. The predicted molar refractivity (Wildman–Crippen MR) is 108 cm³/mol. The molecule has 0 saturated heterocycles. The van der Waals surface area contributed by atoms with Crippen molar-refractivity contribution in [1.82, 2.24) is 10.6 Å². The number of hydrogen-bond donors (Lipinski definition) is 2. The molecule has 2 atom stereocenters. The van der Waals surface area contributed by atoms with Crippen LogP contribution in [0.15, 0.2) is 0 Å². The van der Waals surface area contributed by atoms with Crippen LogP contribution in [0, 0.1) is 28.6 Å². The number of rotatable bonds is 5. The molecule has 0 radical (unpaired) electrons. The van der Waals surface area contributed by atoms with Crippen LogP contribution in [0.3, 0.4) is 0 Å². The summed E-state index contributed by atoms with van der Waals surface area (Å²) in [5.41, 5.74) is -1.68. The quantitative estimate of drug-likeness (QED) is 0.682. The summed E-state index contributed by atoms with van der Waals surface area (Å²) in [6.07, 6.45) is 4.14. The molecular weight excluding hydrogens is 372 g/mol. The second kappa shape index (κ2) is 7.47. The van der Waals surface area contributed by atoms with E-state index in [9.17, 15) is 14.4 Å². The molecule has 2 unspecified atom stereocenters. The molecule has 0 aromatic rings. The highest BCUT2D eigenvalue weighted by Crippen LogP contribution is 2.60. The van der Waals surface area contributed by atoms with Crippen molar-refractivity contribution < 1.29 is 23.9 Å². The fourth-order valence-corrected chi connectivity index (χ4v) is 5.76. The minimum Gasteiger partial charge on any atom is -0.469 e. The molecule has 4 aliphatic carbocycles. The van der Waals surface area contributed by atoms with Gasteiger partial charge in [0, 0.05) is 12.6 Å². The Morgan fingerprint density at radius 1 is 1.00 bits per heavy atom. The average Bonchev–Trinajstić information content (AvgIpc) is 2.60. The van der Waals surface area contributed by atoms with E-state index < -0.39 is 17.1 Å². The minimum absolute atomic E-state index is 0.0712. The lowest BCUT2D eigenvalue weighted by Gasteiger charge is -2.58. The monoisotopic (exact) mass is 408 g/mol. The van der Waals surface area contributed by atoms with Crippen LogP contribution in [0.2, 0.25) is 0 Å². The third-order valence-electron chi connectivity index (χ3n) is 6.88. The Hall–Kier alpha value is -1.79. The van der Waals surface area contributed by atoms with Crippen molar-refractivity contribution in [3.63, 3.8) is 0 Å². The van der Waals surface area contributed by atoms with E-state index in [0.29, 0.717) is 17.8 Å². The van der Waals surface area contributed by atoms with E-state index in [1.54, 1.807) is 20.8 Å². The van der Waals surface area contributed by atoms with Gasteiger partial charge in [-0.2, -0.15) is 0 Å². The molecule has 4 aliphatic rings. The smallest absolute Gasteiger partial charge is 0.407 e. The van der Waals surface area contributed by atoms with Crippen LogP contribution in [0.1, 0.15) is 66.7 Å². The molecule has 4 fully saturated rings. The number of carbonyl (C=O) groups is 3. The molecule has 2 amide bonds. The SMILES string of the molecule is COC(=O)C12CC3CC(C1)C(NC(=O)C(C)(C)CNC(=O)OC(C)(C)C)C(C3)C2. The van der Waals surface area contributed by atoms with E-state index in [2.05, 4.69) is 10.6 Å². The van der Waals surface area contributed by atoms with Gasteiger partial charge in [-0.3, -0.25) is 9.59 Å². The number of hydrogen-bond acceptors (Lipinski definition) is 5. The van der Waals surface area contributed by atoms with E-state index in [0.717, 1.165) is 32.1 Å². The highest BCUT2D eigenvalue weighted by atomic mass is 16.6. The van der Waals surface area contributed by atoms with Crippen molar-refractivity contribution in [2.75, 3.05) is 13.7 Å². The second-order valence-corrected chi connectivity index (χ2v) is 11.0. The number of carbonyl (C=O) groups excluding carboxylic acids is 3. The van der Waals surface area contributed by atoms with Gasteiger partial charge in [0.1, 0.15) is 5.60 Å². The van der Waals surface area contributed by atoms with Gasteiger partial charge in [0.05, 0.1) is 17.9 Å². The van der Waals surface area contributed by atoms with Crippen LogP contribution >= 0.6 is 0 Å². The summed E-state index contributed by atoms with van der Waals surface area (Å²) in [4.78, 5) is 37.4. The van der Waals surface area contributed by atoms with Gasteiger partial charge in [0.25, 0.3) is 0 Å². The van der Waals surface area contributed by atoms with Crippen molar-refractivity contribution in [2.45, 2.75) is 78.4 Å². The van der Waals surface area contributed by atoms with Crippen LogP contribution in [-0.2, 0) is 19.1 Å². The molecule has 0 aromatic carbocycles. The number of amides is 2. The van der Waals surface area contributed by atoms with Gasteiger partial charge in [-0.1, -0.05) is 0 Å². The first-order valence-electron chi connectivity index (χ1n) is 10.7. The summed E-state index contributed by atoms with van der Waals surface area (Å²) < 4.78 is 10.4. The Morgan fingerprint density at radius 3 is 2.10 bits per heavy atom. The van der Waals surface area contributed by atoms with Gasteiger partial charge in [0.15, 0.2) is 0 Å². The van der Waals surface area contributed by atoms with Gasteiger partial charge < -0.3 is 20.1 Å². The lowest BCUT2D eigenvalue weighted by atomic mass is 9.48. The molecule has 2 N–H and O–H groups in total. The third kappa shape index (κ3) is 4.53. The standard InChI is InChI=1S/C22H36N2O5/c1-20(2,3)29-19(27)23-12-21(4,5)17(25)24-16-14-7-13-8-15(16)11-22(9-13,10-14)18(26)28-6/h13-16H,7-12H2,1-6H3,(H,23,27)(H,24,25). The van der Waals surface area contributed by atoms with Crippen molar-refractivity contribution in [2.24, 2.45) is 28.6 Å². The summed E-state index contributed by atoms with van der Waals surface area (Å²) in [5.74, 6) is 1.04. The Morgan fingerprint density at radius 2 is 1.59 bits per heavy atom. The van der Waals surface area contributed by atoms with Crippen molar-refractivity contribution >= 4 is 18.0 Å². The molecule has 4 rings (SSSR count). The summed E-state index contributed by atoms with van der Waals surface area (Å²) in [7, 11) is 1.47. The highest BCUT2D eigenvalue weighted by molar-refractivity contribution is 5.83. The molecule has 164 valence electrons. The Kier molecular flexibility index (Phi) is 5.65. The first kappa shape index (κ1) is 21.9. The van der Waals surface area contributed by atoms with Gasteiger partial charge in [-0.05, 0) is 84.5 Å². The molecule has 7 nitrogen and oxygen atoms in total. The van der Waals surface area contributed by atoms with Crippen LogP contribution in [0.4, 0.5) is 4.79 Å². The van der Waals surface area contributed by atoms with E-state index in [4.69, 9.17) is 9.47 Å². The van der Waals surface area contributed by atoms with Crippen molar-refractivity contribution in [3.05, 3.63) is 0 Å². The number of ether oxygens (including phenoxy) is 2. The summed E-state index contributed by atoms with van der Waals surface area (Å²) in [6.45, 7) is 9.26. The summed E-state index contributed by atoms with van der Waals surface area (Å²) in [6, 6.07) is 0.0950. The number of nitrogens with one attached hydrogen (secondary N) is 2. The molecule has 4 saturated carbocycles. The Bertz CT molecular complexity index is 665. The zero-order valence-electron chi connectivity index (χ0n) is 18.6. The fourth-order valence-electron chi connectivity index (χ4n) is 5.76. The molecule has 0 heterocycles. The van der Waals surface area contributed by atoms with Crippen LogP contribution in [0.5, 0.6) is 0 Å². The Balaban J connectivity index is 1.60. The summed E-state index contributed by atoms with van der Waals surface area (Å²) >= 11 is 0. The lowest BCUT2D eigenvalue weighted by Crippen LogP contribution is -2.62. The van der Waals surface area contributed by atoms with Crippen LogP contribution < -0.4 is 10.6 Å². The molecule has 0 aliphatic heterocycles. The van der Waals surface area contributed by atoms with Crippen LogP contribution in [-0.4, -0.2) is 43.3 Å². The first-order chi connectivity index (χ1) is 13.3. The molecular formula is C22H36N2O5. The zero-order valence-corrected chi connectivity index (χ0v) is 18.6. The molecule has 0 spiro atoms. The largest absolute Gasteiger partial charge is 0.469 e. The second-order valence-electron chi connectivity index (χ2n) is 11.0. The van der Waals surface area contributed by atoms with E-state index in [1.165, 1.54) is 7.11 Å². The van der Waals surface area contributed by atoms with Gasteiger partial charge >= 0.3 is 12.1 Å². The highest BCUT2D eigenvalue weighted by Gasteiger charge is 2.59. The number of alkyl carbamates (subject to hydrolysis) is 1. The van der Waals surface area contributed by atoms with Crippen LogP contribution in [0.25, 0.3) is 0 Å². The fraction of sp³-hybridized carbons (Fsp3) is 0.864. The topological polar surface area (TPSA) is 93.7 Å². The van der Waals surface area contributed by atoms with E-state index in [-0.39, 0.29) is 29.9 Å². The van der Waals surface area contributed by atoms with Crippen molar-refractivity contribution in [3.8, 4) is 0 Å². The zero-order chi connectivity index (χ0) is 21.6.